The zero-order chi connectivity index (χ0) is 21.3. The van der Waals surface area contributed by atoms with Crippen molar-refractivity contribution in [3.05, 3.63) is 47.5 Å². The van der Waals surface area contributed by atoms with E-state index < -0.39 is 0 Å². The quantitative estimate of drug-likeness (QED) is 0.222. The maximum atomic E-state index is 6.43. The van der Waals surface area contributed by atoms with Crippen LogP contribution in [0.4, 0.5) is 0 Å². The van der Waals surface area contributed by atoms with E-state index in [0.717, 1.165) is 48.3 Å². The predicted molar refractivity (Wildman–Crippen MR) is 130 cm³/mol. The molecule has 0 aliphatic rings. The molecule has 162 valence electrons. The third kappa shape index (κ3) is 5.47. The Hall–Kier alpha value is -2.22. The van der Waals surface area contributed by atoms with Crippen LogP contribution in [-0.2, 0) is 0 Å². The minimum atomic E-state index is 0.767. The van der Waals surface area contributed by atoms with Gasteiger partial charge in [-0.15, -0.1) is 0 Å². The van der Waals surface area contributed by atoms with Crippen molar-refractivity contribution in [3.8, 4) is 11.5 Å². The first-order valence-corrected chi connectivity index (χ1v) is 11.9. The molecule has 3 aromatic rings. The highest BCUT2D eigenvalue weighted by molar-refractivity contribution is 6.11. The highest BCUT2D eigenvalue weighted by Crippen LogP contribution is 2.43. The largest absolute Gasteiger partial charge is 0.492 e. The Labute approximate surface area is 182 Å². The Morgan fingerprint density at radius 1 is 0.533 bits per heavy atom. The summed E-state index contributed by atoms with van der Waals surface area (Å²) in [6.07, 6.45) is 9.69. The summed E-state index contributed by atoms with van der Waals surface area (Å²) in [4.78, 5) is 0. The molecule has 0 unspecified atom stereocenters. The van der Waals surface area contributed by atoms with Crippen molar-refractivity contribution in [3.63, 3.8) is 0 Å². The molecule has 3 rings (SSSR count). The number of ether oxygens (including phenoxy) is 2. The lowest BCUT2D eigenvalue weighted by Crippen LogP contribution is -2.02. The number of fused-ring (bicyclic) bond motifs is 2. The molecule has 0 amide bonds. The second-order valence-electron chi connectivity index (χ2n) is 8.57. The Morgan fingerprint density at radius 3 is 1.37 bits per heavy atom. The van der Waals surface area contributed by atoms with Gasteiger partial charge in [0.1, 0.15) is 11.5 Å². The lowest BCUT2D eigenvalue weighted by atomic mass is 9.97. The van der Waals surface area contributed by atoms with Crippen molar-refractivity contribution in [2.45, 2.75) is 79.1 Å². The average Bonchev–Trinajstić information content (AvgIpc) is 2.74. The Morgan fingerprint density at radius 2 is 0.967 bits per heavy atom. The van der Waals surface area contributed by atoms with E-state index in [-0.39, 0.29) is 0 Å². The van der Waals surface area contributed by atoms with Gasteiger partial charge < -0.3 is 9.47 Å². The highest BCUT2D eigenvalue weighted by atomic mass is 16.5. The monoisotopic (exact) mass is 406 g/mol. The van der Waals surface area contributed by atoms with Gasteiger partial charge >= 0.3 is 0 Å². The van der Waals surface area contributed by atoms with Gasteiger partial charge in [0.2, 0.25) is 0 Å². The Bertz CT molecular complexity index is 878. The molecule has 2 nitrogen and oxygen atoms in total. The number of aryl methyl sites for hydroxylation is 2. The van der Waals surface area contributed by atoms with E-state index in [2.05, 4.69) is 64.1 Å². The minimum absolute atomic E-state index is 0.767. The van der Waals surface area contributed by atoms with Crippen LogP contribution in [-0.4, -0.2) is 13.2 Å². The van der Waals surface area contributed by atoms with Gasteiger partial charge in [-0.1, -0.05) is 87.8 Å². The van der Waals surface area contributed by atoms with Crippen LogP contribution in [0.15, 0.2) is 36.4 Å². The van der Waals surface area contributed by atoms with E-state index in [4.69, 9.17) is 9.47 Å². The zero-order valence-electron chi connectivity index (χ0n) is 19.4. The van der Waals surface area contributed by atoms with Crippen LogP contribution in [0.2, 0.25) is 0 Å². The molecule has 0 N–H and O–H groups in total. The van der Waals surface area contributed by atoms with E-state index in [1.165, 1.54) is 60.4 Å². The molecule has 0 aliphatic heterocycles. The molecule has 0 heterocycles. The number of unbranched alkanes of at least 4 members (excludes halogenated alkanes) is 6. The summed E-state index contributed by atoms with van der Waals surface area (Å²) in [5.41, 5.74) is 2.50. The van der Waals surface area contributed by atoms with Crippen molar-refractivity contribution in [1.29, 1.82) is 0 Å². The number of hydrogen-bond acceptors (Lipinski definition) is 2. The number of rotatable bonds is 12. The van der Waals surface area contributed by atoms with Gasteiger partial charge in [0.05, 0.1) is 13.2 Å². The second kappa shape index (κ2) is 11.2. The van der Waals surface area contributed by atoms with Crippen molar-refractivity contribution in [2.75, 3.05) is 13.2 Å². The summed E-state index contributed by atoms with van der Waals surface area (Å²) < 4.78 is 12.9. The fraction of sp³-hybridized carbons (Fsp3) is 0.500. The molecule has 0 aliphatic carbocycles. The van der Waals surface area contributed by atoms with Crippen molar-refractivity contribution in [2.24, 2.45) is 0 Å². The van der Waals surface area contributed by atoms with Gasteiger partial charge in [-0.05, 0) is 38.8 Å². The lowest BCUT2D eigenvalue weighted by molar-refractivity contribution is 0.307. The van der Waals surface area contributed by atoms with Crippen LogP contribution < -0.4 is 9.47 Å². The van der Waals surface area contributed by atoms with Crippen molar-refractivity contribution >= 4 is 21.5 Å². The minimum Gasteiger partial charge on any atom is -0.492 e. The molecule has 0 spiro atoms. The van der Waals surface area contributed by atoms with E-state index >= 15 is 0 Å². The molecule has 3 aromatic carbocycles. The summed E-state index contributed by atoms with van der Waals surface area (Å²) >= 11 is 0. The highest BCUT2D eigenvalue weighted by Gasteiger charge is 2.16. The maximum Gasteiger partial charge on any atom is 0.135 e. The standard InChI is InChI=1S/C28H38O2/c1-5-7-9-11-17-29-27-23-15-13-22(4)20-26(23)28(30-18-12-10-8-6-2)24-16-14-21(3)19-25(24)27/h13-16,19-20H,5-12,17-18H2,1-4H3. The van der Waals surface area contributed by atoms with Gasteiger partial charge in [-0.2, -0.15) is 0 Å². The molecule has 0 bridgehead atoms. The molecule has 30 heavy (non-hydrogen) atoms. The van der Waals surface area contributed by atoms with Crippen LogP contribution in [0.5, 0.6) is 11.5 Å². The van der Waals surface area contributed by atoms with Gasteiger partial charge in [-0.25, -0.2) is 0 Å². The SMILES string of the molecule is CCCCCCOc1c2ccc(C)cc2c(OCCCCCC)c2ccc(C)cc12. The van der Waals surface area contributed by atoms with Gasteiger partial charge in [0.25, 0.3) is 0 Å². The van der Waals surface area contributed by atoms with E-state index in [0.29, 0.717) is 0 Å². The molecule has 0 saturated heterocycles. The van der Waals surface area contributed by atoms with Gasteiger partial charge in [-0.3, -0.25) is 0 Å². The van der Waals surface area contributed by atoms with E-state index in [1.807, 2.05) is 0 Å². The van der Waals surface area contributed by atoms with Crippen LogP contribution in [0.1, 0.15) is 76.3 Å². The summed E-state index contributed by atoms with van der Waals surface area (Å²) in [6.45, 7) is 10.3. The number of hydrogen-bond donors (Lipinski definition) is 0. The Kier molecular flexibility index (Phi) is 8.42. The molecule has 0 fully saturated rings. The molecule has 0 radical (unpaired) electrons. The predicted octanol–water partition coefficient (Wildman–Crippen LogP) is 8.53. The molecule has 0 aromatic heterocycles. The third-order valence-corrected chi connectivity index (χ3v) is 5.82. The first kappa shape index (κ1) is 22.5. The molecular formula is C28H38O2. The number of benzene rings is 3. The lowest BCUT2D eigenvalue weighted by Gasteiger charge is -2.19. The fourth-order valence-electron chi connectivity index (χ4n) is 4.10. The summed E-state index contributed by atoms with van der Waals surface area (Å²) in [7, 11) is 0. The normalized spacial score (nSPS) is 11.3. The summed E-state index contributed by atoms with van der Waals surface area (Å²) in [5, 5.41) is 4.67. The van der Waals surface area contributed by atoms with E-state index in [9.17, 15) is 0 Å². The first-order chi connectivity index (χ1) is 14.7. The van der Waals surface area contributed by atoms with Crippen LogP contribution in [0.25, 0.3) is 21.5 Å². The summed E-state index contributed by atoms with van der Waals surface area (Å²) in [5.74, 6) is 2.03. The van der Waals surface area contributed by atoms with Crippen molar-refractivity contribution in [1.82, 2.24) is 0 Å². The second-order valence-corrected chi connectivity index (χ2v) is 8.57. The first-order valence-electron chi connectivity index (χ1n) is 11.9. The topological polar surface area (TPSA) is 18.5 Å². The van der Waals surface area contributed by atoms with Crippen molar-refractivity contribution < 1.29 is 9.47 Å². The molecular weight excluding hydrogens is 368 g/mol. The third-order valence-electron chi connectivity index (χ3n) is 5.82. The van der Waals surface area contributed by atoms with Crippen LogP contribution in [0, 0.1) is 13.8 Å². The molecule has 0 saturated carbocycles. The van der Waals surface area contributed by atoms with E-state index in [1.54, 1.807) is 0 Å². The van der Waals surface area contributed by atoms with Gasteiger partial charge in [0.15, 0.2) is 0 Å². The molecule has 2 heteroatoms. The average molecular weight is 407 g/mol. The summed E-state index contributed by atoms with van der Waals surface area (Å²) in [6, 6.07) is 13.3. The Balaban J connectivity index is 2.01. The van der Waals surface area contributed by atoms with Crippen LogP contribution >= 0.6 is 0 Å². The maximum absolute atomic E-state index is 6.43. The van der Waals surface area contributed by atoms with Gasteiger partial charge in [0, 0.05) is 21.5 Å². The zero-order valence-corrected chi connectivity index (χ0v) is 19.4. The van der Waals surface area contributed by atoms with Crippen LogP contribution in [0.3, 0.4) is 0 Å². The molecule has 0 atom stereocenters. The smallest absolute Gasteiger partial charge is 0.135 e. The fourth-order valence-corrected chi connectivity index (χ4v) is 4.10.